The monoisotopic (exact) mass is 268 g/mol. The molecule has 3 nitrogen and oxygen atoms in total. The highest BCUT2D eigenvalue weighted by molar-refractivity contribution is 5.61. The molecule has 0 amide bonds. The number of aliphatic hydroxyl groups excluding tert-OH is 1. The SMILES string of the molecule is CC(C)(CO)C1Nc2ccc(C#N)cc2C2C=CCC21. The number of nitriles is 1. The molecular formula is C17H20N2O. The molecule has 2 N–H and O–H groups in total. The van der Waals surface area contributed by atoms with Gasteiger partial charge in [-0.3, -0.25) is 0 Å². The van der Waals surface area contributed by atoms with Crippen LogP contribution in [0.4, 0.5) is 5.69 Å². The standard InChI is InChI=1S/C17H20N2O/c1-17(2,10-20)16-13-5-3-4-12(13)14-8-11(9-18)6-7-15(14)19-16/h3-4,6-8,12-13,16,19-20H,5,10H2,1-2H3. The minimum absolute atomic E-state index is 0.166. The van der Waals surface area contributed by atoms with Crippen molar-refractivity contribution in [1.29, 1.82) is 5.26 Å². The maximum Gasteiger partial charge on any atom is 0.0991 e. The van der Waals surface area contributed by atoms with E-state index in [0.29, 0.717) is 17.4 Å². The summed E-state index contributed by atoms with van der Waals surface area (Å²) >= 11 is 0. The predicted octanol–water partition coefficient (Wildman–Crippen LogP) is 3.03. The fourth-order valence-corrected chi connectivity index (χ4v) is 3.54. The highest BCUT2D eigenvalue weighted by Gasteiger charge is 2.43. The van der Waals surface area contributed by atoms with Crippen LogP contribution in [0.1, 0.15) is 37.3 Å². The number of hydrogen-bond donors (Lipinski definition) is 2. The van der Waals surface area contributed by atoms with Crippen LogP contribution < -0.4 is 5.32 Å². The second kappa shape index (κ2) is 4.64. The van der Waals surface area contributed by atoms with Crippen LogP contribution in [0.25, 0.3) is 0 Å². The first-order valence-corrected chi connectivity index (χ1v) is 7.15. The fourth-order valence-electron chi connectivity index (χ4n) is 3.54. The summed E-state index contributed by atoms with van der Waals surface area (Å²) in [6.45, 7) is 4.38. The maximum atomic E-state index is 9.69. The topological polar surface area (TPSA) is 56.0 Å². The van der Waals surface area contributed by atoms with Crippen LogP contribution in [0.3, 0.4) is 0 Å². The quantitative estimate of drug-likeness (QED) is 0.811. The third-order valence-corrected chi connectivity index (χ3v) is 4.74. The summed E-state index contributed by atoms with van der Waals surface area (Å²) in [6, 6.07) is 8.31. The first-order valence-electron chi connectivity index (χ1n) is 7.15. The maximum absolute atomic E-state index is 9.69. The van der Waals surface area contributed by atoms with Crippen molar-refractivity contribution in [1.82, 2.24) is 0 Å². The summed E-state index contributed by atoms with van der Waals surface area (Å²) in [5.74, 6) is 0.814. The van der Waals surface area contributed by atoms with Crippen LogP contribution in [0.2, 0.25) is 0 Å². The fraction of sp³-hybridized carbons (Fsp3) is 0.471. The second-order valence-electron chi connectivity index (χ2n) is 6.54. The van der Waals surface area contributed by atoms with E-state index in [1.807, 2.05) is 18.2 Å². The van der Waals surface area contributed by atoms with Gasteiger partial charge in [0.25, 0.3) is 0 Å². The molecular weight excluding hydrogens is 248 g/mol. The van der Waals surface area contributed by atoms with Gasteiger partial charge in [0.05, 0.1) is 18.2 Å². The van der Waals surface area contributed by atoms with Crippen molar-refractivity contribution in [3.63, 3.8) is 0 Å². The second-order valence-corrected chi connectivity index (χ2v) is 6.54. The summed E-state index contributed by atoms with van der Waals surface area (Å²) in [7, 11) is 0. The van der Waals surface area contributed by atoms with Gasteiger partial charge in [0.15, 0.2) is 0 Å². The van der Waals surface area contributed by atoms with E-state index in [1.54, 1.807) is 0 Å². The van der Waals surface area contributed by atoms with Crippen LogP contribution >= 0.6 is 0 Å². The number of nitrogens with zero attached hydrogens (tertiary/aromatic N) is 1. The molecule has 1 aliphatic heterocycles. The number of hydrogen-bond acceptors (Lipinski definition) is 3. The molecule has 20 heavy (non-hydrogen) atoms. The van der Waals surface area contributed by atoms with Crippen LogP contribution in [0.15, 0.2) is 30.4 Å². The van der Waals surface area contributed by atoms with Crippen molar-refractivity contribution in [3.8, 4) is 6.07 Å². The highest BCUT2D eigenvalue weighted by atomic mass is 16.3. The Labute approximate surface area is 119 Å². The van der Waals surface area contributed by atoms with Gasteiger partial charge in [-0.1, -0.05) is 26.0 Å². The van der Waals surface area contributed by atoms with E-state index in [1.165, 1.54) is 5.56 Å². The van der Waals surface area contributed by atoms with Gasteiger partial charge in [0.2, 0.25) is 0 Å². The number of aliphatic hydroxyl groups is 1. The molecule has 3 unspecified atom stereocenters. The Morgan fingerprint density at radius 1 is 1.45 bits per heavy atom. The van der Waals surface area contributed by atoms with Crippen LogP contribution in [-0.4, -0.2) is 17.8 Å². The Morgan fingerprint density at radius 3 is 2.95 bits per heavy atom. The molecule has 104 valence electrons. The van der Waals surface area contributed by atoms with Gasteiger partial charge in [-0.2, -0.15) is 5.26 Å². The first kappa shape index (κ1) is 13.2. The van der Waals surface area contributed by atoms with E-state index < -0.39 is 0 Å². The van der Waals surface area contributed by atoms with Gasteiger partial charge < -0.3 is 10.4 Å². The Morgan fingerprint density at radius 2 is 2.25 bits per heavy atom. The van der Waals surface area contributed by atoms with E-state index >= 15 is 0 Å². The lowest BCUT2D eigenvalue weighted by molar-refractivity contribution is 0.111. The molecule has 0 bridgehead atoms. The third kappa shape index (κ3) is 1.92. The van der Waals surface area contributed by atoms with Gasteiger partial charge in [0, 0.05) is 23.1 Å². The van der Waals surface area contributed by atoms with Gasteiger partial charge in [-0.15, -0.1) is 0 Å². The molecule has 3 rings (SSSR count). The van der Waals surface area contributed by atoms with Crippen molar-refractivity contribution in [2.75, 3.05) is 11.9 Å². The zero-order valence-corrected chi connectivity index (χ0v) is 11.9. The smallest absolute Gasteiger partial charge is 0.0991 e. The molecule has 0 saturated carbocycles. The van der Waals surface area contributed by atoms with Crippen LogP contribution in [0, 0.1) is 22.7 Å². The van der Waals surface area contributed by atoms with E-state index in [9.17, 15) is 5.11 Å². The average Bonchev–Trinajstić information content (AvgIpc) is 2.95. The molecule has 0 saturated heterocycles. The van der Waals surface area contributed by atoms with Crippen LogP contribution in [-0.2, 0) is 0 Å². The van der Waals surface area contributed by atoms with Gasteiger partial charge >= 0.3 is 0 Å². The van der Waals surface area contributed by atoms with E-state index in [0.717, 1.165) is 12.1 Å². The van der Waals surface area contributed by atoms with Crippen molar-refractivity contribution in [2.45, 2.75) is 32.2 Å². The normalized spacial score (nSPS) is 27.4. The first-order chi connectivity index (χ1) is 9.56. The molecule has 0 spiro atoms. The zero-order chi connectivity index (χ0) is 14.3. The van der Waals surface area contributed by atoms with E-state index in [4.69, 9.17) is 5.26 Å². The van der Waals surface area contributed by atoms with Crippen molar-refractivity contribution in [2.24, 2.45) is 11.3 Å². The molecule has 2 aliphatic rings. The van der Waals surface area contributed by atoms with E-state index in [2.05, 4.69) is 37.4 Å². The Hall–Kier alpha value is -1.79. The Bertz CT molecular complexity index is 597. The molecule has 0 radical (unpaired) electrons. The largest absolute Gasteiger partial charge is 0.396 e. The summed E-state index contributed by atoms with van der Waals surface area (Å²) < 4.78 is 0. The molecule has 0 fully saturated rings. The summed E-state index contributed by atoms with van der Waals surface area (Å²) in [6.07, 6.45) is 5.51. The molecule has 1 aliphatic carbocycles. The van der Waals surface area contributed by atoms with E-state index in [-0.39, 0.29) is 18.1 Å². The third-order valence-electron chi connectivity index (χ3n) is 4.74. The lowest BCUT2D eigenvalue weighted by Gasteiger charge is -2.45. The summed E-state index contributed by atoms with van der Waals surface area (Å²) in [5, 5.41) is 22.4. The Kier molecular flexibility index (Phi) is 3.07. The number of rotatable bonds is 2. The average molecular weight is 268 g/mol. The number of nitrogens with one attached hydrogen (secondary N) is 1. The van der Waals surface area contributed by atoms with Crippen molar-refractivity contribution >= 4 is 5.69 Å². The van der Waals surface area contributed by atoms with Crippen molar-refractivity contribution in [3.05, 3.63) is 41.5 Å². The lowest BCUT2D eigenvalue weighted by atomic mass is 9.69. The number of anilines is 1. The molecule has 1 aromatic carbocycles. The van der Waals surface area contributed by atoms with Crippen LogP contribution in [0.5, 0.6) is 0 Å². The lowest BCUT2D eigenvalue weighted by Crippen LogP contribution is -2.47. The minimum atomic E-state index is -0.166. The van der Waals surface area contributed by atoms with Gasteiger partial charge in [-0.25, -0.2) is 0 Å². The Balaban J connectivity index is 2.05. The summed E-state index contributed by atoms with van der Waals surface area (Å²) in [5.41, 5.74) is 2.86. The summed E-state index contributed by atoms with van der Waals surface area (Å²) in [4.78, 5) is 0. The molecule has 3 heteroatoms. The minimum Gasteiger partial charge on any atom is -0.396 e. The molecule has 1 heterocycles. The number of benzene rings is 1. The number of allylic oxidation sites excluding steroid dienone is 2. The van der Waals surface area contributed by atoms with Gasteiger partial charge in [0.1, 0.15) is 0 Å². The predicted molar refractivity (Wildman–Crippen MR) is 79.4 cm³/mol. The molecule has 0 aromatic heterocycles. The highest BCUT2D eigenvalue weighted by Crippen LogP contribution is 2.48. The number of fused-ring (bicyclic) bond motifs is 3. The molecule has 3 atom stereocenters. The zero-order valence-electron chi connectivity index (χ0n) is 11.9. The van der Waals surface area contributed by atoms with Crippen molar-refractivity contribution < 1.29 is 5.11 Å². The van der Waals surface area contributed by atoms with Gasteiger partial charge in [-0.05, 0) is 36.1 Å². The molecule has 1 aromatic rings.